The Balaban J connectivity index is 2.41. The van der Waals surface area contributed by atoms with Crippen LogP contribution in [0.4, 0.5) is 0 Å². The van der Waals surface area contributed by atoms with Crippen molar-refractivity contribution in [2.75, 3.05) is 13.2 Å². The molecule has 1 fully saturated rings. The van der Waals surface area contributed by atoms with Gasteiger partial charge in [-0.15, -0.1) is 0 Å². The maximum atomic E-state index is 9.02. The fourth-order valence-corrected chi connectivity index (χ4v) is 0.874. The second-order valence-electron chi connectivity index (χ2n) is 2.17. The van der Waals surface area contributed by atoms with Crippen LogP contribution in [0, 0.1) is 17.2 Å². The normalized spacial score (nSPS) is 35.6. The molecule has 1 heterocycles. The molecule has 2 atom stereocenters. The van der Waals surface area contributed by atoms with Crippen LogP contribution in [0.2, 0.25) is 0 Å². The van der Waals surface area contributed by atoms with Gasteiger partial charge in [-0.25, -0.2) is 0 Å². The first-order valence-corrected chi connectivity index (χ1v) is 3.00. The lowest BCUT2D eigenvalue weighted by Gasteiger charge is -2.21. The Morgan fingerprint density at radius 2 is 2.44 bits per heavy atom. The SMILES string of the molecule is N#C[C@@H]1CCOC[C@H]1O. The molecule has 1 aliphatic heterocycles. The van der Waals surface area contributed by atoms with E-state index in [-0.39, 0.29) is 5.92 Å². The molecular formula is C6H9NO2. The Morgan fingerprint density at radius 3 is 2.89 bits per heavy atom. The average Bonchev–Trinajstić information content (AvgIpc) is 1.89. The van der Waals surface area contributed by atoms with E-state index in [1.165, 1.54) is 0 Å². The fourth-order valence-electron chi connectivity index (χ4n) is 0.874. The van der Waals surface area contributed by atoms with Gasteiger partial charge in [0.15, 0.2) is 0 Å². The maximum Gasteiger partial charge on any atom is 0.0932 e. The number of aliphatic hydroxyl groups is 1. The summed E-state index contributed by atoms with van der Waals surface area (Å²) in [6.07, 6.45) is 0.0984. The highest BCUT2D eigenvalue weighted by atomic mass is 16.5. The molecule has 50 valence electrons. The Morgan fingerprint density at radius 1 is 1.67 bits per heavy atom. The van der Waals surface area contributed by atoms with Gasteiger partial charge in [-0.3, -0.25) is 0 Å². The van der Waals surface area contributed by atoms with E-state index in [1.54, 1.807) is 0 Å². The van der Waals surface area contributed by atoms with E-state index in [0.29, 0.717) is 19.6 Å². The molecule has 0 bridgehead atoms. The molecule has 9 heavy (non-hydrogen) atoms. The molecule has 0 spiro atoms. The predicted molar refractivity (Wildman–Crippen MR) is 30.5 cm³/mol. The van der Waals surface area contributed by atoms with Crippen LogP contribution in [0.1, 0.15) is 6.42 Å². The molecule has 0 amide bonds. The van der Waals surface area contributed by atoms with E-state index in [2.05, 4.69) is 0 Å². The second kappa shape index (κ2) is 2.81. The second-order valence-corrected chi connectivity index (χ2v) is 2.17. The third kappa shape index (κ3) is 1.41. The number of hydrogen-bond acceptors (Lipinski definition) is 3. The minimum atomic E-state index is -0.566. The summed E-state index contributed by atoms with van der Waals surface area (Å²) in [5, 5.41) is 17.4. The molecule has 3 nitrogen and oxygen atoms in total. The topological polar surface area (TPSA) is 53.2 Å². The first-order chi connectivity index (χ1) is 4.34. The van der Waals surface area contributed by atoms with E-state index in [4.69, 9.17) is 15.1 Å². The zero-order chi connectivity index (χ0) is 6.69. The van der Waals surface area contributed by atoms with Crippen molar-refractivity contribution in [3.63, 3.8) is 0 Å². The fraction of sp³-hybridized carbons (Fsp3) is 0.833. The number of aliphatic hydroxyl groups excluding tert-OH is 1. The van der Waals surface area contributed by atoms with Crippen LogP contribution in [0.15, 0.2) is 0 Å². The van der Waals surface area contributed by atoms with Crippen LogP contribution in [-0.4, -0.2) is 24.4 Å². The van der Waals surface area contributed by atoms with Crippen LogP contribution in [0.5, 0.6) is 0 Å². The van der Waals surface area contributed by atoms with Crippen molar-refractivity contribution in [3.05, 3.63) is 0 Å². The summed E-state index contributed by atoms with van der Waals surface area (Å²) in [5.74, 6) is -0.209. The highest BCUT2D eigenvalue weighted by Crippen LogP contribution is 2.13. The summed E-state index contributed by atoms with van der Waals surface area (Å²) in [6.45, 7) is 0.924. The molecule has 1 aliphatic rings. The first-order valence-electron chi connectivity index (χ1n) is 3.00. The van der Waals surface area contributed by atoms with Gasteiger partial charge in [0, 0.05) is 6.61 Å². The summed E-state index contributed by atoms with van der Waals surface area (Å²) >= 11 is 0. The number of rotatable bonds is 0. The molecule has 0 unspecified atom stereocenters. The van der Waals surface area contributed by atoms with E-state index in [1.807, 2.05) is 6.07 Å². The summed E-state index contributed by atoms with van der Waals surface area (Å²) in [4.78, 5) is 0. The van der Waals surface area contributed by atoms with Crippen LogP contribution < -0.4 is 0 Å². The minimum Gasteiger partial charge on any atom is -0.389 e. The van der Waals surface area contributed by atoms with Gasteiger partial charge in [0.05, 0.1) is 24.7 Å². The lowest BCUT2D eigenvalue weighted by Crippen LogP contribution is -2.30. The van der Waals surface area contributed by atoms with Crippen molar-refractivity contribution in [3.8, 4) is 6.07 Å². The molecule has 1 N–H and O–H groups in total. The number of hydrogen-bond donors (Lipinski definition) is 1. The molecule has 1 saturated heterocycles. The van der Waals surface area contributed by atoms with Crippen molar-refractivity contribution in [2.24, 2.45) is 5.92 Å². The molecule has 0 saturated carbocycles. The van der Waals surface area contributed by atoms with Gasteiger partial charge in [0.25, 0.3) is 0 Å². The van der Waals surface area contributed by atoms with Crippen LogP contribution >= 0.6 is 0 Å². The molecule has 1 rings (SSSR count). The smallest absolute Gasteiger partial charge is 0.0932 e. The zero-order valence-corrected chi connectivity index (χ0v) is 5.08. The Kier molecular flexibility index (Phi) is 2.04. The van der Waals surface area contributed by atoms with Crippen molar-refractivity contribution >= 4 is 0 Å². The number of nitriles is 1. The quantitative estimate of drug-likeness (QED) is 0.494. The van der Waals surface area contributed by atoms with Gasteiger partial charge < -0.3 is 9.84 Å². The Bertz CT molecular complexity index is 130. The molecule has 3 heteroatoms. The number of ether oxygens (including phenoxy) is 1. The molecule has 0 aromatic carbocycles. The molecule has 0 aromatic rings. The van der Waals surface area contributed by atoms with Gasteiger partial charge in [-0.1, -0.05) is 0 Å². The molecule has 0 radical (unpaired) electrons. The molecular weight excluding hydrogens is 118 g/mol. The Labute approximate surface area is 53.9 Å². The lowest BCUT2D eigenvalue weighted by molar-refractivity contribution is -0.0275. The average molecular weight is 127 g/mol. The van der Waals surface area contributed by atoms with Crippen molar-refractivity contribution in [1.82, 2.24) is 0 Å². The molecule has 0 aliphatic carbocycles. The van der Waals surface area contributed by atoms with E-state index >= 15 is 0 Å². The summed E-state index contributed by atoms with van der Waals surface area (Å²) < 4.78 is 4.91. The largest absolute Gasteiger partial charge is 0.389 e. The summed E-state index contributed by atoms with van der Waals surface area (Å²) in [5.41, 5.74) is 0. The summed E-state index contributed by atoms with van der Waals surface area (Å²) in [6, 6.07) is 2.02. The minimum absolute atomic E-state index is 0.209. The maximum absolute atomic E-state index is 9.02. The standard InChI is InChI=1S/C6H9NO2/c7-3-5-1-2-9-4-6(5)8/h5-6,8H,1-2,4H2/t5-,6+/m0/s1. The van der Waals surface area contributed by atoms with Crippen LogP contribution in [0.3, 0.4) is 0 Å². The van der Waals surface area contributed by atoms with Gasteiger partial charge >= 0.3 is 0 Å². The first kappa shape index (κ1) is 6.53. The third-order valence-electron chi connectivity index (χ3n) is 1.49. The van der Waals surface area contributed by atoms with Crippen LogP contribution in [0.25, 0.3) is 0 Å². The van der Waals surface area contributed by atoms with Gasteiger partial charge in [0.1, 0.15) is 0 Å². The lowest BCUT2D eigenvalue weighted by atomic mass is 10.00. The van der Waals surface area contributed by atoms with Gasteiger partial charge in [0.2, 0.25) is 0 Å². The number of nitrogens with zero attached hydrogens (tertiary/aromatic N) is 1. The monoisotopic (exact) mass is 127 g/mol. The van der Waals surface area contributed by atoms with Gasteiger partial charge in [-0.05, 0) is 6.42 Å². The van der Waals surface area contributed by atoms with Crippen molar-refractivity contribution < 1.29 is 9.84 Å². The third-order valence-corrected chi connectivity index (χ3v) is 1.49. The Hall–Kier alpha value is -0.590. The van der Waals surface area contributed by atoms with E-state index in [9.17, 15) is 0 Å². The van der Waals surface area contributed by atoms with E-state index < -0.39 is 6.10 Å². The predicted octanol–water partition coefficient (Wildman–Crippen LogP) is -0.0926. The van der Waals surface area contributed by atoms with Crippen LogP contribution in [-0.2, 0) is 4.74 Å². The van der Waals surface area contributed by atoms with Crippen molar-refractivity contribution in [1.29, 1.82) is 5.26 Å². The molecule has 0 aromatic heterocycles. The highest BCUT2D eigenvalue weighted by Gasteiger charge is 2.22. The highest BCUT2D eigenvalue weighted by molar-refractivity contribution is 4.89. The van der Waals surface area contributed by atoms with Crippen molar-refractivity contribution in [2.45, 2.75) is 12.5 Å². The zero-order valence-electron chi connectivity index (χ0n) is 5.08. The van der Waals surface area contributed by atoms with E-state index in [0.717, 1.165) is 0 Å². The van der Waals surface area contributed by atoms with Gasteiger partial charge in [-0.2, -0.15) is 5.26 Å². The summed E-state index contributed by atoms with van der Waals surface area (Å²) in [7, 11) is 0.